The number of benzene rings is 1. The van der Waals surface area contributed by atoms with Gasteiger partial charge in [0.05, 0.1) is 26.0 Å². The number of aromatic nitrogens is 2. The number of carbonyl (C=O) groups is 3. The summed E-state index contributed by atoms with van der Waals surface area (Å²) in [5.74, 6) is 0.365. The molecule has 2 aliphatic heterocycles. The molecule has 0 radical (unpaired) electrons. The SMILES string of the molecule is C/C=C(\C=C/C(C)[C@]1(CN2Cc3ccc(OC)cc3C2=O)NC(=O)NC1=O)Oc1cncnc1. The molecule has 34 heavy (non-hydrogen) atoms. The number of ether oxygens (including phenoxy) is 2. The van der Waals surface area contributed by atoms with Crippen molar-refractivity contribution in [1.82, 2.24) is 25.5 Å². The predicted molar refractivity (Wildman–Crippen MR) is 122 cm³/mol. The topological polar surface area (TPSA) is 123 Å². The van der Waals surface area contributed by atoms with Gasteiger partial charge < -0.3 is 19.7 Å². The number of carbonyl (C=O) groups excluding carboxylic acids is 3. The predicted octanol–water partition coefficient (Wildman–Crippen LogP) is 2.19. The summed E-state index contributed by atoms with van der Waals surface area (Å²) in [7, 11) is 1.54. The third-order valence-electron chi connectivity index (χ3n) is 5.99. The van der Waals surface area contributed by atoms with Gasteiger partial charge in [-0.05, 0) is 36.8 Å². The maximum atomic E-state index is 13.1. The first-order valence-corrected chi connectivity index (χ1v) is 10.7. The van der Waals surface area contributed by atoms with Crippen LogP contribution in [0.1, 0.15) is 29.8 Å². The van der Waals surface area contributed by atoms with E-state index in [1.165, 1.54) is 25.8 Å². The number of hydrogen-bond acceptors (Lipinski definition) is 7. The molecule has 0 saturated carbocycles. The number of fused-ring (bicyclic) bond motifs is 1. The van der Waals surface area contributed by atoms with Crippen molar-refractivity contribution < 1.29 is 23.9 Å². The summed E-state index contributed by atoms with van der Waals surface area (Å²) in [5, 5.41) is 5.07. The Morgan fingerprint density at radius 2 is 2.00 bits per heavy atom. The van der Waals surface area contributed by atoms with Gasteiger partial charge in [-0.25, -0.2) is 14.8 Å². The van der Waals surface area contributed by atoms with Crippen molar-refractivity contribution >= 4 is 17.8 Å². The van der Waals surface area contributed by atoms with Gasteiger partial charge in [-0.15, -0.1) is 0 Å². The largest absolute Gasteiger partial charge is 0.497 e. The second-order valence-electron chi connectivity index (χ2n) is 8.08. The van der Waals surface area contributed by atoms with Gasteiger partial charge in [0.1, 0.15) is 23.4 Å². The zero-order valence-corrected chi connectivity index (χ0v) is 19.1. The van der Waals surface area contributed by atoms with Crippen LogP contribution in [0.5, 0.6) is 11.5 Å². The number of hydrogen-bond donors (Lipinski definition) is 2. The lowest BCUT2D eigenvalue weighted by Gasteiger charge is -2.34. The second-order valence-corrected chi connectivity index (χ2v) is 8.08. The summed E-state index contributed by atoms with van der Waals surface area (Å²) >= 11 is 0. The monoisotopic (exact) mass is 463 g/mol. The molecule has 3 heterocycles. The normalized spacial score (nSPS) is 20.9. The summed E-state index contributed by atoms with van der Waals surface area (Å²) in [5.41, 5.74) is 0.0186. The highest BCUT2D eigenvalue weighted by molar-refractivity contribution is 6.08. The minimum atomic E-state index is -1.34. The van der Waals surface area contributed by atoms with Crippen LogP contribution in [-0.2, 0) is 11.3 Å². The molecular formula is C24H25N5O5. The lowest BCUT2D eigenvalue weighted by atomic mass is 9.84. The molecule has 0 aliphatic carbocycles. The molecule has 10 heteroatoms. The molecule has 1 aromatic carbocycles. The van der Waals surface area contributed by atoms with Crippen LogP contribution < -0.4 is 20.1 Å². The Kier molecular flexibility index (Phi) is 6.31. The number of methoxy groups -OCH3 is 1. The van der Waals surface area contributed by atoms with Crippen molar-refractivity contribution in [3.63, 3.8) is 0 Å². The van der Waals surface area contributed by atoms with Crippen LogP contribution in [0, 0.1) is 5.92 Å². The Bertz CT molecular complexity index is 1180. The molecule has 0 spiro atoms. The Balaban J connectivity index is 1.56. The van der Waals surface area contributed by atoms with Crippen molar-refractivity contribution in [2.24, 2.45) is 5.92 Å². The smallest absolute Gasteiger partial charge is 0.322 e. The number of allylic oxidation sites excluding steroid dienone is 2. The third kappa shape index (κ3) is 4.34. The lowest BCUT2D eigenvalue weighted by molar-refractivity contribution is -0.125. The summed E-state index contributed by atoms with van der Waals surface area (Å²) < 4.78 is 11.0. The molecule has 1 aromatic heterocycles. The van der Waals surface area contributed by atoms with E-state index in [0.717, 1.165) is 5.56 Å². The van der Waals surface area contributed by atoms with E-state index in [0.29, 0.717) is 29.4 Å². The number of imide groups is 1. The fourth-order valence-corrected chi connectivity index (χ4v) is 4.04. The van der Waals surface area contributed by atoms with Crippen molar-refractivity contribution in [1.29, 1.82) is 0 Å². The van der Waals surface area contributed by atoms with Gasteiger partial charge in [0, 0.05) is 18.0 Å². The molecule has 0 bridgehead atoms. The highest BCUT2D eigenvalue weighted by Crippen LogP contribution is 2.31. The van der Waals surface area contributed by atoms with E-state index in [-0.39, 0.29) is 12.5 Å². The van der Waals surface area contributed by atoms with Crippen LogP contribution >= 0.6 is 0 Å². The van der Waals surface area contributed by atoms with Crippen molar-refractivity contribution in [2.45, 2.75) is 25.9 Å². The van der Waals surface area contributed by atoms with Crippen LogP contribution in [0.4, 0.5) is 4.79 Å². The molecule has 1 saturated heterocycles. The van der Waals surface area contributed by atoms with Crippen LogP contribution in [0.25, 0.3) is 0 Å². The van der Waals surface area contributed by atoms with E-state index >= 15 is 0 Å². The molecule has 4 rings (SSSR count). The van der Waals surface area contributed by atoms with Gasteiger partial charge in [0.15, 0.2) is 5.75 Å². The van der Waals surface area contributed by atoms with Gasteiger partial charge in [-0.3, -0.25) is 14.9 Å². The molecule has 4 amide bonds. The number of nitrogens with zero attached hydrogens (tertiary/aromatic N) is 3. The van der Waals surface area contributed by atoms with E-state index in [1.807, 2.05) is 13.0 Å². The molecule has 2 atom stereocenters. The molecule has 176 valence electrons. The minimum absolute atomic E-state index is 0.00443. The minimum Gasteiger partial charge on any atom is -0.497 e. The van der Waals surface area contributed by atoms with Gasteiger partial charge in [0.25, 0.3) is 11.8 Å². The van der Waals surface area contributed by atoms with Gasteiger partial charge in [0.2, 0.25) is 0 Å². The summed E-state index contributed by atoms with van der Waals surface area (Å²) in [6.07, 6.45) is 9.70. The number of amides is 4. The Labute approximate surface area is 196 Å². The first-order chi connectivity index (χ1) is 16.4. The van der Waals surface area contributed by atoms with E-state index in [1.54, 1.807) is 42.2 Å². The summed E-state index contributed by atoms with van der Waals surface area (Å²) in [6, 6.07) is 4.71. The summed E-state index contributed by atoms with van der Waals surface area (Å²) in [6.45, 7) is 3.95. The average Bonchev–Trinajstić information content (AvgIpc) is 3.31. The van der Waals surface area contributed by atoms with Crippen LogP contribution in [0.2, 0.25) is 0 Å². The molecule has 2 N–H and O–H groups in total. The fourth-order valence-electron chi connectivity index (χ4n) is 4.04. The number of rotatable bonds is 8. The molecular weight excluding hydrogens is 438 g/mol. The van der Waals surface area contributed by atoms with Crippen LogP contribution in [-0.4, -0.2) is 51.9 Å². The van der Waals surface area contributed by atoms with Gasteiger partial charge in [-0.1, -0.05) is 19.1 Å². The molecule has 2 aromatic rings. The number of urea groups is 1. The highest BCUT2D eigenvalue weighted by Gasteiger charge is 2.52. The number of nitrogens with one attached hydrogen (secondary N) is 2. The fraction of sp³-hybridized carbons (Fsp3) is 0.292. The van der Waals surface area contributed by atoms with E-state index in [2.05, 4.69) is 20.6 Å². The Hall–Kier alpha value is -4.21. The molecule has 1 fully saturated rings. The van der Waals surface area contributed by atoms with Gasteiger partial charge in [-0.2, -0.15) is 0 Å². The average molecular weight is 463 g/mol. The molecule has 1 unspecified atom stereocenters. The van der Waals surface area contributed by atoms with Crippen LogP contribution in [0.3, 0.4) is 0 Å². The lowest BCUT2D eigenvalue weighted by Crippen LogP contribution is -2.59. The zero-order valence-electron chi connectivity index (χ0n) is 19.1. The summed E-state index contributed by atoms with van der Waals surface area (Å²) in [4.78, 5) is 47.6. The maximum absolute atomic E-state index is 13.1. The Morgan fingerprint density at radius 1 is 1.24 bits per heavy atom. The van der Waals surface area contributed by atoms with E-state index in [9.17, 15) is 14.4 Å². The van der Waals surface area contributed by atoms with Crippen molar-refractivity contribution in [3.05, 3.63) is 72.0 Å². The van der Waals surface area contributed by atoms with Crippen LogP contribution in [0.15, 0.2) is 60.9 Å². The Morgan fingerprint density at radius 3 is 2.65 bits per heavy atom. The maximum Gasteiger partial charge on any atom is 0.322 e. The zero-order chi connectivity index (χ0) is 24.3. The quantitative estimate of drug-likeness (QED) is 0.350. The van der Waals surface area contributed by atoms with E-state index in [4.69, 9.17) is 9.47 Å². The van der Waals surface area contributed by atoms with Crippen molar-refractivity contribution in [3.8, 4) is 11.5 Å². The second kappa shape index (κ2) is 9.34. The third-order valence-corrected chi connectivity index (χ3v) is 5.99. The first kappa shape index (κ1) is 23.0. The highest BCUT2D eigenvalue weighted by atomic mass is 16.5. The van der Waals surface area contributed by atoms with E-state index < -0.39 is 23.4 Å². The molecule has 2 aliphatic rings. The van der Waals surface area contributed by atoms with Gasteiger partial charge >= 0.3 is 6.03 Å². The molecule has 10 nitrogen and oxygen atoms in total. The van der Waals surface area contributed by atoms with Crippen molar-refractivity contribution in [2.75, 3.05) is 13.7 Å². The standard InChI is InChI=1S/C24H25N5O5/c1-4-17(34-19-10-25-14-26-11-19)7-5-15(2)24(22(31)27-23(32)28-24)13-29-12-16-6-8-18(33-3)9-20(16)21(29)30/h4-11,14-15H,12-13H2,1-3H3,(H2,27,28,31,32)/b7-5-,17-4+/t15?,24-/m0/s1. The first-order valence-electron chi connectivity index (χ1n) is 10.7.